The third kappa shape index (κ3) is 4.61. The Hall–Kier alpha value is -2.10. The molecule has 0 aliphatic carbocycles. The van der Waals surface area contributed by atoms with Crippen molar-refractivity contribution in [3.8, 4) is 0 Å². The zero-order chi connectivity index (χ0) is 11.1. The Morgan fingerprint density at radius 2 is 1.67 bits per heavy atom. The number of nitrogens with one attached hydrogen (secondary N) is 2. The van der Waals surface area contributed by atoms with Crippen LogP contribution in [0.15, 0.2) is 52.3 Å². The molecule has 0 aromatic carbocycles. The summed E-state index contributed by atoms with van der Waals surface area (Å²) in [5.41, 5.74) is 0.975. The number of aromatic nitrogens is 2. The highest BCUT2D eigenvalue weighted by atomic mass is 16.1. The lowest BCUT2D eigenvalue weighted by atomic mass is 10.3. The highest BCUT2D eigenvalue weighted by molar-refractivity contribution is 5.04. The first kappa shape index (κ1) is 11.0. The van der Waals surface area contributed by atoms with Gasteiger partial charge in [-0.15, -0.1) is 0 Å². The van der Waals surface area contributed by atoms with Crippen molar-refractivity contribution in [1.29, 1.82) is 0 Å². The molecule has 2 rings (SSSR count). The minimum Gasteiger partial charge on any atom is -0.329 e. The van der Waals surface area contributed by atoms with E-state index in [4.69, 9.17) is 0 Å². The number of hydrogen-bond acceptors (Lipinski definition) is 2. The molecule has 0 bridgehead atoms. The van der Waals surface area contributed by atoms with E-state index in [1.165, 1.54) is 12.1 Å². The molecule has 78 valence electrons. The molecule has 2 N–H and O–H groups in total. The molecule has 2 heterocycles. The van der Waals surface area contributed by atoms with E-state index in [0.29, 0.717) is 0 Å². The van der Waals surface area contributed by atoms with E-state index in [1.54, 1.807) is 30.6 Å². The number of pyridine rings is 2. The second-order valence-corrected chi connectivity index (χ2v) is 2.96. The maximum absolute atomic E-state index is 10.4. The fourth-order valence-corrected chi connectivity index (χ4v) is 0.865. The van der Waals surface area contributed by atoms with Crippen molar-refractivity contribution >= 4 is 0 Å². The molecule has 0 unspecified atom stereocenters. The molecular weight excluding hydrogens is 192 g/mol. The lowest BCUT2D eigenvalue weighted by Gasteiger charge is -1.83. The molecule has 2 aromatic rings. The van der Waals surface area contributed by atoms with Crippen LogP contribution in [0, 0.1) is 6.92 Å². The van der Waals surface area contributed by atoms with Crippen molar-refractivity contribution < 1.29 is 0 Å². The average molecular weight is 204 g/mol. The third-order valence-electron chi connectivity index (χ3n) is 1.62. The highest BCUT2D eigenvalue weighted by Gasteiger charge is 1.78. The van der Waals surface area contributed by atoms with Gasteiger partial charge in [0.1, 0.15) is 0 Å². The largest absolute Gasteiger partial charge is 0.329 e. The molecule has 4 heteroatoms. The van der Waals surface area contributed by atoms with Gasteiger partial charge < -0.3 is 9.97 Å². The number of aromatic amines is 2. The molecule has 0 amide bonds. The summed E-state index contributed by atoms with van der Waals surface area (Å²) >= 11 is 0. The van der Waals surface area contributed by atoms with Crippen LogP contribution < -0.4 is 11.1 Å². The summed E-state index contributed by atoms with van der Waals surface area (Å²) in [5.74, 6) is 0. The fourth-order valence-electron chi connectivity index (χ4n) is 0.865. The van der Waals surface area contributed by atoms with E-state index in [-0.39, 0.29) is 11.1 Å². The molecule has 0 aliphatic heterocycles. The van der Waals surface area contributed by atoms with Gasteiger partial charge in [-0.3, -0.25) is 9.59 Å². The van der Waals surface area contributed by atoms with Crippen LogP contribution in [0.25, 0.3) is 0 Å². The summed E-state index contributed by atoms with van der Waals surface area (Å²) in [7, 11) is 0. The van der Waals surface area contributed by atoms with Crippen molar-refractivity contribution in [2.24, 2.45) is 0 Å². The van der Waals surface area contributed by atoms with Crippen molar-refractivity contribution in [3.63, 3.8) is 0 Å². The van der Waals surface area contributed by atoms with Crippen molar-refractivity contribution in [1.82, 2.24) is 9.97 Å². The molecule has 0 saturated carbocycles. The van der Waals surface area contributed by atoms with Crippen LogP contribution in [0.4, 0.5) is 0 Å². The summed E-state index contributed by atoms with van der Waals surface area (Å²) in [6.45, 7) is 1.93. The molecule has 4 nitrogen and oxygen atoms in total. The summed E-state index contributed by atoms with van der Waals surface area (Å²) in [4.78, 5) is 25.6. The minimum absolute atomic E-state index is 0.0457. The zero-order valence-electron chi connectivity index (χ0n) is 8.36. The van der Waals surface area contributed by atoms with Crippen molar-refractivity contribution in [2.45, 2.75) is 6.92 Å². The fraction of sp³-hybridized carbons (Fsp3) is 0.0909. The van der Waals surface area contributed by atoms with Gasteiger partial charge in [0, 0.05) is 24.5 Å². The maximum atomic E-state index is 10.4. The minimum atomic E-state index is -0.0532. The number of hydrogen-bond donors (Lipinski definition) is 2. The van der Waals surface area contributed by atoms with Crippen LogP contribution in [-0.4, -0.2) is 9.97 Å². The van der Waals surface area contributed by atoms with Gasteiger partial charge in [0.25, 0.3) is 0 Å². The van der Waals surface area contributed by atoms with Gasteiger partial charge in [0.15, 0.2) is 0 Å². The van der Waals surface area contributed by atoms with Crippen LogP contribution in [0.5, 0.6) is 0 Å². The van der Waals surface area contributed by atoms with E-state index in [0.717, 1.165) is 5.56 Å². The van der Waals surface area contributed by atoms with Crippen LogP contribution in [-0.2, 0) is 0 Å². The predicted octanol–water partition coefficient (Wildman–Crippen LogP) is 1.06. The van der Waals surface area contributed by atoms with E-state index < -0.39 is 0 Å². The Bertz CT molecular complexity index is 476. The van der Waals surface area contributed by atoms with Crippen LogP contribution in [0.1, 0.15) is 5.56 Å². The molecule has 0 aliphatic rings. The van der Waals surface area contributed by atoms with Crippen molar-refractivity contribution in [3.05, 3.63) is 69.0 Å². The SMILES string of the molecule is Cc1ccc(=O)[nH]c1.O=c1cccc[nH]1. The summed E-state index contributed by atoms with van der Waals surface area (Å²) in [6.07, 6.45) is 3.28. The van der Waals surface area contributed by atoms with E-state index in [2.05, 4.69) is 9.97 Å². The van der Waals surface area contributed by atoms with Gasteiger partial charge in [0.2, 0.25) is 11.1 Å². The molecule has 0 saturated heterocycles. The Labute approximate surface area is 86.6 Å². The Balaban J connectivity index is 0.000000151. The molecule has 0 spiro atoms. The standard InChI is InChI=1S/C6H7NO.C5H5NO/c1-5-2-3-6(8)7-4-5;7-5-3-1-2-4-6-5/h2-4H,1H3,(H,7,8);1-4H,(H,6,7). The Morgan fingerprint density at radius 1 is 0.933 bits per heavy atom. The Morgan fingerprint density at radius 3 is 2.00 bits per heavy atom. The monoisotopic (exact) mass is 204 g/mol. The van der Waals surface area contributed by atoms with Gasteiger partial charge >= 0.3 is 0 Å². The second-order valence-electron chi connectivity index (χ2n) is 2.96. The number of rotatable bonds is 0. The summed E-state index contributed by atoms with van der Waals surface area (Å²) < 4.78 is 0. The van der Waals surface area contributed by atoms with E-state index in [9.17, 15) is 9.59 Å². The smallest absolute Gasteiger partial charge is 0.247 e. The van der Waals surface area contributed by atoms with Gasteiger partial charge in [-0.1, -0.05) is 12.1 Å². The van der Waals surface area contributed by atoms with Gasteiger partial charge in [0.05, 0.1) is 0 Å². The van der Waals surface area contributed by atoms with E-state index >= 15 is 0 Å². The molecular formula is C11H12N2O2. The lowest BCUT2D eigenvalue weighted by Crippen LogP contribution is -2.00. The van der Waals surface area contributed by atoms with Crippen LogP contribution in [0.2, 0.25) is 0 Å². The van der Waals surface area contributed by atoms with Crippen LogP contribution in [0.3, 0.4) is 0 Å². The predicted molar refractivity (Wildman–Crippen MR) is 58.9 cm³/mol. The summed E-state index contributed by atoms with van der Waals surface area (Å²) in [6, 6.07) is 8.22. The topological polar surface area (TPSA) is 65.7 Å². The normalized spacial score (nSPS) is 8.87. The third-order valence-corrected chi connectivity index (χ3v) is 1.62. The molecule has 0 atom stereocenters. The van der Waals surface area contributed by atoms with Gasteiger partial charge in [-0.25, -0.2) is 0 Å². The first-order valence-corrected chi connectivity index (χ1v) is 4.47. The van der Waals surface area contributed by atoms with Crippen molar-refractivity contribution in [2.75, 3.05) is 0 Å². The average Bonchev–Trinajstić information content (AvgIpc) is 2.25. The molecule has 2 aromatic heterocycles. The number of H-pyrrole nitrogens is 2. The molecule has 15 heavy (non-hydrogen) atoms. The first-order valence-electron chi connectivity index (χ1n) is 4.47. The Kier molecular flexibility index (Phi) is 4.09. The highest BCUT2D eigenvalue weighted by Crippen LogP contribution is 1.84. The maximum Gasteiger partial charge on any atom is 0.247 e. The number of aryl methyl sites for hydroxylation is 1. The summed E-state index contributed by atoms with van der Waals surface area (Å²) in [5, 5.41) is 0. The van der Waals surface area contributed by atoms with Gasteiger partial charge in [-0.2, -0.15) is 0 Å². The zero-order valence-corrected chi connectivity index (χ0v) is 8.36. The first-order chi connectivity index (χ1) is 7.18. The van der Waals surface area contributed by atoms with E-state index in [1.807, 2.05) is 6.92 Å². The van der Waals surface area contributed by atoms with Gasteiger partial charge in [-0.05, 0) is 18.6 Å². The van der Waals surface area contributed by atoms with Crippen LogP contribution >= 0.6 is 0 Å². The molecule has 0 fully saturated rings. The second kappa shape index (κ2) is 5.59. The quantitative estimate of drug-likeness (QED) is 0.673. The lowest BCUT2D eigenvalue weighted by molar-refractivity contribution is 1.20. The molecule has 0 radical (unpaired) electrons.